The second-order valence-electron chi connectivity index (χ2n) is 7.24. The molecule has 0 unspecified atom stereocenters. The highest BCUT2D eigenvalue weighted by molar-refractivity contribution is 5.92. The molecular formula is C21H20F2N4O4. The molecule has 4 rings (SSSR count). The summed E-state index contributed by atoms with van der Waals surface area (Å²) in [5, 5.41) is 18.3. The number of β-amino-alcohol motifs (C(OH)–C–C–N with tert-alkyl or cyclic N) is 1. The van der Waals surface area contributed by atoms with Crippen LogP contribution in [-0.2, 0) is 0 Å². The fourth-order valence-corrected chi connectivity index (χ4v) is 3.71. The number of piperazine rings is 1. The molecular weight excluding hydrogens is 410 g/mol. The minimum absolute atomic E-state index is 0.0401. The minimum atomic E-state index is -1.45. The number of carbonyl (C=O) groups is 1. The van der Waals surface area contributed by atoms with Crippen molar-refractivity contribution in [3.8, 4) is 5.69 Å². The van der Waals surface area contributed by atoms with Gasteiger partial charge in [0.15, 0.2) is 17.3 Å². The molecule has 162 valence electrons. The van der Waals surface area contributed by atoms with Crippen LogP contribution in [0, 0.1) is 11.6 Å². The monoisotopic (exact) mass is 430 g/mol. The SMILES string of the molecule is O=C(O)c1cn(-c2ccc(F)cc2)c2nc(N3CCN(CCO)CC3)c(F)cc2c1=O. The number of aliphatic hydroxyl groups is 1. The number of anilines is 1. The highest BCUT2D eigenvalue weighted by Gasteiger charge is 2.24. The summed E-state index contributed by atoms with van der Waals surface area (Å²) in [6.07, 6.45) is 1.12. The zero-order chi connectivity index (χ0) is 22.1. The average Bonchev–Trinajstić information content (AvgIpc) is 2.75. The van der Waals surface area contributed by atoms with E-state index < -0.39 is 28.6 Å². The molecule has 31 heavy (non-hydrogen) atoms. The maximum atomic E-state index is 14.9. The largest absolute Gasteiger partial charge is 0.477 e. The van der Waals surface area contributed by atoms with Gasteiger partial charge >= 0.3 is 5.97 Å². The Hall–Kier alpha value is -3.37. The molecule has 2 aromatic heterocycles. The van der Waals surface area contributed by atoms with E-state index in [0.717, 1.165) is 12.3 Å². The fraction of sp³-hybridized carbons (Fsp3) is 0.286. The molecule has 1 fully saturated rings. The molecule has 0 radical (unpaired) electrons. The van der Waals surface area contributed by atoms with Crippen molar-refractivity contribution in [2.45, 2.75) is 0 Å². The van der Waals surface area contributed by atoms with E-state index >= 15 is 0 Å². The number of benzene rings is 1. The summed E-state index contributed by atoms with van der Waals surface area (Å²) in [5.74, 6) is -2.61. The van der Waals surface area contributed by atoms with Crippen molar-refractivity contribution in [1.82, 2.24) is 14.5 Å². The Kier molecular flexibility index (Phi) is 5.66. The molecule has 0 amide bonds. The summed E-state index contributed by atoms with van der Waals surface area (Å²) in [6, 6.07) is 6.24. The number of aromatic nitrogens is 2. The number of pyridine rings is 2. The molecule has 1 saturated heterocycles. The van der Waals surface area contributed by atoms with Crippen LogP contribution in [0.2, 0.25) is 0 Å². The lowest BCUT2D eigenvalue weighted by atomic mass is 10.1. The third-order valence-electron chi connectivity index (χ3n) is 5.34. The number of carboxylic acid groups (broad SMARTS) is 1. The Balaban J connectivity index is 1.86. The van der Waals surface area contributed by atoms with Gasteiger partial charge in [0.05, 0.1) is 12.0 Å². The summed E-state index contributed by atoms with van der Waals surface area (Å²) < 4.78 is 29.7. The molecule has 0 aliphatic carbocycles. The van der Waals surface area contributed by atoms with E-state index in [9.17, 15) is 23.5 Å². The Bertz CT molecular complexity index is 1190. The zero-order valence-electron chi connectivity index (χ0n) is 16.5. The van der Waals surface area contributed by atoms with Crippen LogP contribution >= 0.6 is 0 Å². The first-order valence-corrected chi connectivity index (χ1v) is 9.72. The number of carboxylic acids is 1. The molecule has 1 aromatic carbocycles. The quantitative estimate of drug-likeness (QED) is 0.633. The highest BCUT2D eigenvalue weighted by Crippen LogP contribution is 2.24. The van der Waals surface area contributed by atoms with Gasteiger partial charge in [-0.05, 0) is 30.3 Å². The predicted molar refractivity (Wildman–Crippen MR) is 110 cm³/mol. The van der Waals surface area contributed by atoms with Crippen molar-refractivity contribution in [3.63, 3.8) is 0 Å². The zero-order valence-corrected chi connectivity index (χ0v) is 16.5. The number of fused-ring (bicyclic) bond motifs is 1. The van der Waals surface area contributed by atoms with Crippen molar-refractivity contribution in [2.75, 3.05) is 44.2 Å². The third kappa shape index (κ3) is 3.99. The van der Waals surface area contributed by atoms with E-state index in [1.54, 1.807) is 4.90 Å². The second kappa shape index (κ2) is 8.40. The van der Waals surface area contributed by atoms with E-state index in [-0.39, 0.29) is 23.5 Å². The molecule has 10 heteroatoms. The van der Waals surface area contributed by atoms with Crippen molar-refractivity contribution in [3.05, 3.63) is 63.9 Å². The summed E-state index contributed by atoms with van der Waals surface area (Å²) in [7, 11) is 0. The molecule has 0 atom stereocenters. The standard InChI is InChI=1S/C21H20F2N4O4/c22-13-1-3-14(4-2-13)27-12-16(21(30)31)18(29)15-11-17(23)20(24-19(15)27)26-7-5-25(6-8-26)9-10-28/h1-4,11-12,28H,5-10H2,(H,30,31). The van der Waals surface area contributed by atoms with Crippen molar-refractivity contribution in [1.29, 1.82) is 0 Å². The van der Waals surface area contributed by atoms with Gasteiger partial charge in [-0.25, -0.2) is 18.6 Å². The van der Waals surface area contributed by atoms with Crippen LogP contribution in [-0.4, -0.2) is 70.0 Å². The lowest BCUT2D eigenvalue weighted by Crippen LogP contribution is -2.47. The van der Waals surface area contributed by atoms with Gasteiger partial charge in [-0.15, -0.1) is 0 Å². The normalized spacial score (nSPS) is 14.9. The predicted octanol–water partition coefficient (Wildman–Crippen LogP) is 1.48. The molecule has 2 N–H and O–H groups in total. The first kappa shape index (κ1) is 20.9. The summed E-state index contributed by atoms with van der Waals surface area (Å²) >= 11 is 0. The van der Waals surface area contributed by atoms with Gasteiger partial charge < -0.3 is 19.7 Å². The van der Waals surface area contributed by atoms with Gasteiger partial charge in [-0.1, -0.05) is 0 Å². The molecule has 3 aromatic rings. The molecule has 1 aliphatic rings. The lowest BCUT2D eigenvalue weighted by Gasteiger charge is -2.35. The maximum absolute atomic E-state index is 14.9. The van der Waals surface area contributed by atoms with E-state index in [1.807, 2.05) is 4.90 Å². The average molecular weight is 430 g/mol. The Morgan fingerprint density at radius 2 is 1.77 bits per heavy atom. The Morgan fingerprint density at radius 3 is 2.39 bits per heavy atom. The van der Waals surface area contributed by atoms with Crippen LogP contribution in [0.4, 0.5) is 14.6 Å². The van der Waals surface area contributed by atoms with Gasteiger partial charge in [0.1, 0.15) is 11.4 Å². The minimum Gasteiger partial charge on any atom is -0.477 e. The number of rotatable bonds is 5. The molecule has 3 heterocycles. The van der Waals surface area contributed by atoms with Gasteiger partial charge in [0.2, 0.25) is 5.43 Å². The van der Waals surface area contributed by atoms with Gasteiger partial charge in [-0.3, -0.25) is 9.69 Å². The van der Waals surface area contributed by atoms with Crippen LogP contribution in [0.25, 0.3) is 16.7 Å². The number of hydrogen-bond acceptors (Lipinski definition) is 6. The highest BCUT2D eigenvalue weighted by atomic mass is 19.1. The number of nitrogens with zero attached hydrogens (tertiary/aromatic N) is 4. The third-order valence-corrected chi connectivity index (χ3v) is 5.34. The number of aromatic carboxylic acids is 1. The fourth-order valence-electron chi connectivity index (χ4n) is 3.71. The number of hydrogen-bond donors (Lipinski definition) is 2. The Labute approximate surface area is 175 Å². The van der Waals surface area contributed by atoms with Gasteiger partial charge in [-0.2, -0.15) is 0 Å². The number of aliphatic hydroxyl groups excluding tert-OH is 1. The van der Waals surface area contributed by atoms with Crippen molar-refractivity contribution in [2.24, 2.45) is 0 Å². The maximum Gasteiger partial charge on any atom is 0.341 e. The van der Waals surface area contributed by atoms with E-state index in [2.05, 4.69) is 4.98 Å². The molecule has 1 aliphatic heterocycles. The first-order chi connectivity index (χ1) is 14.9. The summed E-state index contributed by atoms with van der Waals surface area (Å²) in [6.45, 7) is 2.75. The van der Waals surface area contributed by atoms with Crippen molar-refractivity contribution < 1.29 is 23.8 Å². The van der Waals surface area contributed by atoms with E-state index in [4.69, 9.17) is 5.11 Å². The van der Waals surface area contributed by atoms with E-state index in [0.29, 0.717) is 38.4 Å². The van der Waals surface area contributed by atoms with Crippen LogP contribution in [0.15, 0.2) is 41.3 Å². The first-order valence-electron chi connectivity index (χ1n) is 9.72. The summed E-state index contributed by atoms with van der Waals surface area (Å²) in [5.41, 5.74) is -0.919. The van der Waals surface area contributed by atoms with Gasteiger partial charge in [0, 0.05) is 44.6 Å². The molecule has 0 bridgehead atoms. The topological polar surface area (TPSA) is 98.9 Å². The van der Waals surface area contributed by atoms with Crippen LogP contribution < -0.4 is 10.3 Å². The summed E-state index contributed by atoms with van der Waals surface area (Å²) in [4.78, 5) is 32.4. The van der Waals surface area contributed by atoms with Crippen molar-refractivity contribution >= 4 is 22.8 Å². The van der Waals surface area contributed by atoms with Crippen LogP contribution in [0.3, 0.4) is 0 Å². The van der Waals surface area contributed by atoms with E-state index in [1.165, 1.54) is 28.8 Å². The second-order valence-corrected chi connectivity index (χ2v) is 7.24. The smallest absolute Gasteiger partial charge is 0.341 e. The Morgan fingerprint density at radius 1 is 1.10 bits per heavy atom. The number of halogens is 2. The van der Waals surface area contributed by atoms with Gasteiger partial charge in [0.25, 0.3) is 0 Å². The molecule has 0 spiro atoms. The molecule has 0 saturated carbocycles. The van der Waals surface area contributed by atoms with Crippen LogP contribution in [0.5, 0.6) is 0 Å². The van der Waals surface area contributed by atoms with Crippen LogP contribution in [0.1, 0.15) is 10.4 Å². The lowest BCUT2D eigenvalue weighted by molar-refractivity contribution is 0.0695. The molecule has 8 nitrogen and oxygen atoms in total.